The number of phosphoric acid groups is 2. The largest absolute Gasteiger partial charge is 0.472 e. The highest BCUT2D eigenvalue weighted by Crippen LogP contribution is 2.45. The summed E-state index contributed by atoms with van der Waals surface area (Å²) < 4.78 is 68.5. The number of phosphoric ester groups is 2. The first-order valence-electron chi connectivity index (χ1n) is 39.3. The Bertz CT molecular complexity index is 1870. The number of aliphatic hydroxyl groups is 1. The molecule has 0 aromatic rings. The summed E-state index contributed by atoms with van der Waals surface area (Å²) >= 11 is 0. The Morgan fingerprint density at radius 1 is 0.295 bits per heavy atom. The topological polar surface area (TPSA) is 237 Å². The van der Waals surface area contributed by atoms with Crippen LogP contribution in [-0.2, 0) is 65.4 Å². The SMILES string of the molecule is CCC(C)CCCCCCCCCCCCC(=O)O[C@H](COC(=O)CCCCCCCCCCCCCCC(C)C)COP(=O)(O)OC[C@@H](O)COP(=O)(O)OC[C@@H](COC(=O)CCCCCCCCC(C)CC)OC(=O)CCCCCCCCCCCCCCCC(C)C. The Morgan fingerprint density at radius 3 is 0.747 bits per heavy atom. The molecule has 7 atom stereocenters. The smallest absolute Gasteiger partial charge is 0.462 e. The van der Waals surface area contributed by atoms with Crippen LogP contribution in [0.15, 0.2) is 0 Å². The van der Waals surface area contributed by atoms with Gasteiger partial charge in [-0.1, -0.05) is 331 Å². The highest BCUT2D eigenvalue weighted by molar-refractivity contribution is 7.47. The molecule has 0 rings (SSSR count). The molecule has 0 spiro atoms. The lowest BCUT2D eigenvalue weighted by atomic mass is 9.99. The van der Waals surface area contributed by atoms with Crippen LogP contribution >= 0.6 is 15.6 Å². The van der Waals surface area contributed by atoms with Gasteiger partial charge < -0.3 is 33.8 Å². The van der Waals surface area contributed by atoms with Crippen LogP contribution in [-0.4, -0.2) is 96.7 Å². The third-order valence-corrected chi connectivity index (χ3v) is 20.2. The Hall–Kier alpha value is -1.94. The highest BCUT2D eigenvalue weighted by atomic mass is 31.2. The molecule has 0 fully saturated rings. The summed E-state index contributed by atoms with van der Waals surface area (Å²) in [6.45, 7) is 14.2. The first kappa shape index (κ1) is 93.1. The van der Waals surface area contributed by atoms with Gasteiger partial charge in [-0.25, -0.2) is 9.13 Å². The Balaban J connectivity index is 5.26. The Morgan fingerprint density at radius 2 is 0.505 bits per heavy atom. The van der Waals surface area contributed by atoms with Crippen molar-refractivity contribution in [3.63, 3.8) is 0 Å². The van der Waals surface area contributed by atoms with E-state index < -0.39 is 97.5 Å². The van der Waals surface area contributed by atoms with Crippen LogP contribution in [0.1, 0.15) is 383 Å². The van der Waals surface area contributed by atoms with Crippen LogP contribution in [0.5, 0.6) is 0 Å². The molecule has 0 heterocycles. The minimum atomic E-state index is -4.96. The number of carbonyl (C=O) groups is 4. The molecule has 4 unspecified atom stereocenters. The van der Waals surface area contributed by atoms with E-state index in [9.17, 15) is 43.2 Å². The molecule has 0 aliphatic carbocycles. The first-order valence-corrected chi connectivity index (χ1v) is 42.3. The number of rotatable bonds is 73. The van der Waals surface area contributed by atoms with E-state index >= 15 is 0 Å². The average molecular weight is 1400 g/mol. The van der Waals surface area contributed by atoms with Crippen molar-refractivity contribution in [3.05, 3.63) is 0 Å². The van der Waals surface area contributed by atoms with Gasteiger partial charge in [0, 0.05) is 25.7 Å². The van der Waals surface area contributed by atoms with E-state index in [2.05, 4.69) is 55.4 Å². The molecule has 17 nitrogen and oxygen atoms in total. The average Bonchev–Trinajstić information content (AvgIpc) is 1.31. The van der Waals surface area contributed by atoms with E-state index in [1.165, 1.54) is 180 Å². The number of aliphatic hydroxyl groups excluding tert-OH is 1. The zero-order valence-electron chi connectivity index (χ0n) is 62.3. The van der Waals surface area contributed by atoms with Crippen LogP contribution in [0.2, 0.25) is 0 Å². The van der Waals surface area contributed by atoms with E-state index in [4.69, 9.17) is 37.0 Å². The van der Waals surface area contributed by atoms with E-state index in [1.54, 1.807) is 0 Å². The van der Waals surface area contributed by atoms with Crippen molar-refractivity contribution < 1.29 is 80.2 Å². The van der Waals surface area contributed by atoms with Crippen molar-refractivity contribution in [1.82, 2.24) is 0 Å². The second kappa shape index (κ2) is 65.4. The number of ether oxygens (including phenoxy) is 4. The van der Waals surface area contributed by atoms with Gasteiger partial charge in [0.25, 0.3) is 0 Å². The summed E-state index contributed by atoms with van der Waals surface area (Å²) in [5.41, 5.74) is 0. The maximum Gasteiger partial charge on any atom is 0.472 e. The molecule has 0 saturated heterocycles. The van der Waals surface area contributed by atoms with Crippen molar-refractivity contribution in [2.75, 3.05) is 39.6 Å². The summed E-state index contributed by atoms with van der Waals surface area (Å²) in [5.74, 6) is 0.981. The van der Waals surface area contributed by atoms with Gasteiger partial charge in [-0.2, -0.15) is 0 Å². The van der Waals surface area contributed by atoms with Crippen molar-refractivity contribution in [2.24, 2.45) is 23.7 Å². The minimum Gasteiger partial charge on any atom is -0.462 e. The second-order valence-corrected chi connectivity index (χ2v) is 31.7. The maximum absolute atomic E-state index is 13.1. The molecule has 0 aromatic heterocycles. The molecular weight excluding hydrogens is 1250 g/mol. The summed E-state index contributed by atoms with van der Waals surface area (Å²) in [6.07, 6.45) is 49.8. The molecule has 95 heavy (non-hydrogen) atoms. The van der Waals surface area contributed by atoms with Crippen molar-refractivity contribution in [2.45, 2.75) is 401 Å². The standard InChI is InChI=1S/C76H148O17P2/c1-9-68(7)54-46-38-30-24-20-21-27-33-43-51-59-76(81)92-71(62-86-73(78)56-48-40-31-25-18-15-14-17-23-29-37-45-53-67(5)6)64-90-94(82,83)88-60-70(77)61-89-95(84,85)91-65-72(63-87-74(79)57-49-41-35-34-39-47-55-69(8)10-2)93-75(80)58-50-42-32-26-19-13-11-12-16-22-28-36-44-52-66(3)4/h66-72,77H,9-65H2,1-8H3,(H,82,83)(H,84,85)/t68?,69?,70-,71-,72-/m1/s1. The zero-order valence-corrected chi connectivity index (χ0v) is 64.1. The Labute approximate surface area is 581 Å². The molecule has 564 valence electrons. The van der Waals surface area contributed by atoms with Crippen LogP contribution < -0.4 is 0 Å². The van der Waals surface area contributed by atoms with E-state index in [0.29, 0.717) is 25.7 Å². The van der Waals surface area contributed by atoms with Gasteiger partial charge in [0.05, 0.1) is 26.4 Å². The third-order valence-electron chi connectivity index (χ3n) is 18.3. The molecule has 0 aliphatic heterocycles. The molecular formula is C76H148O17P2. The molecule has 0 bridgehead atoms. The normalized spacial score (nSPS) is 14.7. The van der Waals surface area contributed by atoms with Crippen LogP contribution in [0.25, 0.3) is 0 Å². The minimum absolute atomic E-state index is 0.106. The number of esters is 4. The molecule has 19 heteroatoms. The zero-order chi connectivity index (χ0) is 70.3. The van der Waals surface area contributed by atoms with Crippen molar-refractivity contribution >= 4 is 39.5 Å². The predicted octanol–water partition coefficient (Wildman–Crippen LogP) is 22.0. The van der Waals surface area contributed by atoms with Crippen LogP contribution in [0.4, 0.5) is 0 Å². The highest BCUT2D eigenvalue weighted by Gasteiger charge is 2.30. The molecule has 0 saturated carbocycles. The first-order chi connectivity index (χ1) is 45.7. The summed E-state index contributed by atoms with van der Waals surface area (Å²) in [6, 6.07) is 0. The van der Waals surface area contributed by atoms with Gasteiger partial charge in [0.2, 0.25) is 0 Å². The van der Waals surface area contributed by atoms with Gasteiger partial charge in [0.15, 0.2) is 12.2 Å². The predicted molar refractivity (Wildman–Crippen MR) is 386 cm³/mol. The van der Waals surface area contributed by atoms with Gasteiger partial charge >= 0.3 is 39.5 Å². The molecule has 0 radical (unpaired) electrons. The monoisotopic (exact) mass is 1400 g/mol. The number of unbranched alkanes of at least 4 members (excludes halogenated alkanes) is 37. The lowest BCUT2D eigenvalue weighted by molar-refractivity contribution is -0.161. The van der Waals surface area contributed by atoms with Crippen molar-refractivity contribution in [1.29, 1.82) is 0 Å². The maximum atomic E-state index is 13.1. The Kier molecular flexibility index (Phi) is 64.0. The van der Waals surface area contributed by atoms with Gasteiger partial charge in [0.1, 0.15) is 19.3 Å². The quantitative estimate of drug-likeness (QED) is 0.0222. The van der Waals surface area contributed by atoms with Crippen LogP contribution in [0, 0.1) is 23.7 Å². The molecule has 0 aromatic carbocycles. The molecule has 0 amide bonds. The van der Waals surface area contributed by atoms with Crippen LogP contribution in [0.3, 0.4) is 0 Å². The van der Waals surface area contributed by atoms with E-state index in [1.807, 2.05) is 0 Å². The fourth-order valence-corrected chi connectivity index (χ4v) is 13.1. The second-order valence-electron chi connectivity index (χ2n) is 28.8. The van der Waals surface area contributed by atoms with Gasteiger partial charge in [-0.15, -0.1) is 0 Å². The van der Waals surface area contributed by atoms with Gasteiger partial charge in [-0.3, -0.25) is 37.3 Å². The molecule has 3 N–H and O–H groups in total. The van der Waals surface area contributed by atoms with E-state index in [-0.39, 0.29) is 25.7 Å². The summed E-state index contributed by atoms with van der Waals surface area (Å²) in [5, 5.41) is 10.6. The lowest BCUT2D eigenvalue weighted by Crippen LogP contribution is -2.30. The number of hydrogen-bond acceptors (Lipinski definition) is 15. The summed E-state index contributed by atoms with van der Waals surface area (Å²) in [7, 11) is -9.91. The van der Waals surface area contributed by atoms with Gasteiger partial charge in [-0.05, 0) is 49.4 Å². The number of hydrogen-bond donors (Lipinski definition) is 3. The lowest BCUT2D eigenvalue weighted by Gasteiger charge is -2.21. The third kappa shape index (κ3) is 67.6. The van der Waals surface area contributed by atoms with E-state index in [0.717, 1.165) is 120 Å². The van der Waals surface area contributed by atoms with Crippen molar-refractivity contribution in [3.8, 4) is 0 Å². The molecule has 0 aliphatic rings. The number of carbonyl (C=O) groups excluding carboxylic acids is 4. The summed E-state index contributed by atoms with van der Waals surface area (Å²) in [4.78, 5) is 72.8. The fourth-order valence-electron chi connectivity index (χ4n) is 11.5. The fraction of sp³-hybridized carbons (Fsp3) is 0.947.